The summed E-state index contributed by atoms with van der Waals surface area (Å²) in [6, 6.07) is 4.75. The van der Waals surface area contributed by atoms with Crippen LogP contribution >= 0.6 is 11.6 Å². The van der Waals surface area contributed by atoms with Crippen LogP contribution in [-0.4, -0.2) is 30.1 Å². The van der Waals surface area contributed by atoms with Gasteiger partial charge in [0, 0.05) is 11.6 Å². The minimum absolute atomic E-state index is 0.154. The van der Waals surface area contributed by atoms with Crippen molar-refractivity contribution in [3.63, 3.8) is 0 Å². The Kier molecular flexibility index (Phi) is 3.95. The summed E-state index contributed by atoms with van der Waals surface area (Å²) in [5.41, 5.74) is 6.12. The summed E-state index contributed by atoms with van der Waals surface area (Å²) in [6.45, 7) is 0.465. The van der Waals surface area contributed by atoms with E-state index in [-0.39, 0.29) is 12.1 Å². The van der Waals surface area contributed by atoms with Gasteiger partial charge in [0.2, 0.25) is 0 Å². The van der Waals surface area contributed by atoms with Crippen LogP contribution in [-0.2, 0) is 4.79 Å². The molecule has 1 aliphatic carbocycles. The smallest absolute Gasteiger partial charge is 0.323 e. The predicted octanol–water partition coefficient (Wildman–Crippen LogP) is 1.74. The third kappa shape index (κ3) is 3.61. The molecule has 19 heavy (non-hydrogen) atoms. The zero-order valence-electron chi connectivity index (χ0n) is 10.3. The molecule has 102 valence electrons. The molecule has 0 aromatic heterocycles. The van der Waals surface area contributed by atoms with Gasteiger partial charge in [-0.1, -0.05) is 11.6 Å². The number of halogens is 1. The molecule has 0 heterocycles. The number of primary amides is 1. The molecule has 1 amide bonds. The van der Waals surface area contributed by atoms with E-state index in [4.69, 9.17) is 22.4 Å². The standard InChI is InChI=1S/C13H15ClN2O3/c14-9-3-4-11(10(5-9)13(15)19)16(7-12(17)18)6-8-1-2-8/h3-5,8H,1-2,6-7H2,(H2,15,19)(H,17,18). The van der Waals surface area contributed by atoms with Crippen LogP contribution in [0.25, 0.3) is 0 Å². The number of carbonyl (C=O) groups is 2. The first-order valence-corrected chi connectivity index (χ1v) is 6.41. The number of amides is 1. The Morgan fingerprint density at radius 2 is 2.11 bits per heavy atom. The maximum absolute atomic E-state index is 11.5. The number of benzene rings is 1. The van der Waals surface area contributed by atoms with Gasteiger partial charge in [0.15, 0.2) is 0 Å². The highest BCUT2D eigenvalue weighted by molar-refractivity contribution is 6.31. The predicted molar refractivity (Wildman–Crippen MR) is 72.5 cm³/mol. The van der Waals surface area contributed by atoms with Crippen molar-refractivity contribution in [3.05, 3.63) is 28.8 Å². The molecule has 0 aliphatic heterocycles. The fourth-order valence-corrected chi connectivity index (χ4v) is 2.18. The number of carboxylic acids is 1. The van der Waals surface area contributed by atoms with E-state index in [1.165, 1.54) is 6.07 Å². The molecule has 5 nitrogen and oxygen atoms in total. The molecule has 1 fully saturated rings. The Labute approximate surface area is 116 Å². The summed E-state index contributed by atoms with van der Waals surface area (Å²) >= 11 is 5.85. The Morgan fingerprint density at radius 1 is 1.42 bits per heavy atom. The van der Waals surface area contributed by atoms with E-state index >= 15 is 0 Å². The van der Waals surface area contributed by atoms with E-state index in [0.717, 1.165) is 12.8 Å². The zero-order chi connectivity index (χ0) is 14.0. The second kappa shape index (κ2) is 5.48. The monoisotopic (exact) mass is 282 g/mol. The number of rotatable bonds is 6. The second-order valence-electron chi connectivity index (χ2n) is 4.74. The number of hydrogen-bond donors (Lipinski definition) is 2. The van der Waals surface area contributed by atoms with Gasteiger partial charge < -0.3 is 15.7 Å². The summed E-state index contributed by atoms with van der Waals surface area (Å²) in [5.74, 6) is -1.05. The molecule has 0 unspecified atom stereocenters. The van der Waals surface area contributed by atoms with Crippen LogP contribution < -0.4 is 10.6 Å². The largest absolute Gasteiger partial charge is 0.480 e. The maximum Gasteiger partial charge on any atom is 0.323 e. The van der Waals surface area contributed by atoms with Crippen molar-refractivity contribution in [1.82, 2.24) is 0 Å². The van der Waals surface area contributed by atoms with Crippen molar-refractivity contribution >= 4 is 29.2 Å². The summed E-state index contributed by atoms with van der Waals surface area (Å²) in [5, 5.41) is 9.38. The average molecular weight is 283 g/mol. The lowest BCUT2D eigenvalue weighted by atomic mass is 10.1. The van der Waals surface area contributed by atoms with Gasteiger partial charge >= 0.3 is 5.97 Å². The third-order valence-corrected chi connectivity index (χ3v) is 3.30. The van der Waals surface area contributed by atoms with Crippen molar-refractivity contribution in [1.29, 1.82) is 0 Å². The average Bonchev–Trinajstić information content (AvgIpc) is 3.11. The lowest BCUT2D eigenvalue weighted by Gasteiger charge is -2.24. The molecular formula is C13H15ClN2O3. The molecular weight excluding hydrogens is 268 g/mol. The Balaban J connectivity index is 2.33. The number of carbonyl (C=O) groups excluding carboxylic acids is 1. The molecule has 0 bridgehead atoms. The third-order valence-electron chi connectivity index (χ3n) is 3.07. The lowest BCUT2D eigenvalue weighted by molar-refractivity contribution is -0.135. The highest BCUT2D eigenvalue weighted by Crippen LogP contribution is 2.33. The van der Waals surface area contributed by atoms with Crippen molar-refractivity contribution in [3.8, 4) is 0 Å². The highest BCUT2D eigenvalue weighted by atomic mass is 35.5. The van der Waals surface area contributed by atoms with E-state index < -0.39 is 11.9 Å². The van der Waals surface area contributed by atoms with Crippen LogP contribution in [0, 0.1) is 5.92 Å². The molecule has 0 atom stereocenters. The molecule has 2 rings (SSSR count). The summed E-state index contributed by atoms with van der Waals surface area (Å²) in [4.78, 5) is 24.1. The number of anilines is 1. The number of aliphatic carboxylic acids is 1. The Morgan fingerprint density at radius 3 is 2.63 bits per heavy atom. The molecule has 1 aromatic rings. The summed E-state index contributed by atoms with van der Waals surface area (Å²) in [6.07, 6.45) is 2.19. The molecule has 1 aliphatic rings. The highest BCUT2D eigenvalue weighted by Gasteiger charge is 2.27. The second-order valence-corrected chi connectivity index (χ2v) is 5.18. The minimum Gasteiger partial charge on any atom is -0.480 e. The van der Waals surface area contributed by atoms with Gasteiger partial charge in [0.1, 0.15) is 6.54 Å². The van der Waals surface area contributed by atoms with E-state index in [0.29, 0.717) is 23.2 Å². The molecule has 0 saturated heterocycles. The maximum atomic E-state index is 11.5. The van der Waals surface area contributed by atoms with E-state index in [2.05, 4.69) is 0 Å². The van der Waals surface area contributed by atoms with Crippen molar-refractivity contribution < 1.29 is 14.7 Å². The van der Waals surface area contributed by atoms with Gasteiger partial charge in [-0.2, -0.15) is 0 Å². The molecule has 1 aromatic carbocycles. The van der Waals surface area contributed by atoms with E-state index in [1.54, 1.807) is 17.0 Å². The van der Waals surface area contributed by atoms with Crippen LogP contribution in [0.1, 0.15) is 23.2 Å². The van der Waals surface area contributed by atoms with Crippen LogP contribution in [0.4, 0.5) is 5.69 Å². The van der Waals surface area contributed by atoms with Gasteiger partial charge in [-0.05, 0) is 37.0 Å². The number of nitrogens with two attached hydrogens (primary N) is 1. The van der Waals surface area contributed by atoms with Gasteiger partial charge in [-0.25, -0.2) is 0 Å². The van der Waals surface area contributed by atoms with Crippen LogP contribution in [0.15, 0.2) is 18.2 Å². The van der Waals surface area contributed by atoms with Gasteiger partial charge in [-0.15, -0.1) is 0 Å². The van der Waals surface area contributed by atoms with Gasteiger partial charge in [0.25, 0.3) is 5.91 Å². The number of nitrogens with zero attached hydrogens (tertiary/aromatic N) is 1. The van der Waals surface area contributed by atoms with Crippen molar-refractivity contribution in [2.45, 2.75) is 12.8 Å². The van der Waals surface area contributed by atoms with Crippen LogP contribution in [0.3, 0.4) is 0 Å². The molecule has 0 radical (unpaired) electrons. The molecule has 1 saturated carbocycles. The Bertz CT molecular complexity index is 515. The SMILES string of the molecule is NC(=O)c1cc(Cl)ccc1N(CC(=O)O)CC1CC1. The fraction of sp³-hybridized carbons (Fsp3) is 0.385. The van der Waals surface area contributed by atoms with Crippen molar-refractivity contribution in [2.24, 2.45) is 11.7 Å². The Hall–Kier alpha value is -1.75. The topological polar surface area (TPSA) is 83.6 Å². The summed E-state index contributed by atoms with van der Waals surface area (Å²) < 4.78 is 0. The first-order chi connectivity index (χ1) is 8.97. The zero-order valence-corrected chi connectivity index (χ0v) is 11.1. The minimum atomic E-state index is -0.939. The molecule has 0 spiro atoms. The van der Waals surface area contributed by atoms with Crippen LogP contribution in [0.2, 0.25) is 5.02 Å². The summed E-state index contributed by atoms with van der Waals surface area (Å²) in [7, 11) is 0. The van der Waals surface area contributed by atoms with Crippen LogP contribution in [0.5, 0.6) is 0 Å². The first kappa shape index (κ1) is 13.7. The number of hydrogen-bond acceptors (Lipinski definition) is 3. The fourth-order valence-electron chi connectivity index (χ4n) is 2.00. The molecule has 6 heteroatoms. The molecule has 3 N–H and O–H groups in total. The van der Waals surface area contributed by atoms with Gasteiger partial charge in [-0.3, -0.25) is 9.59 Å². The van der Waals surface area contributed by atoms with Gasteiger partial charge in [0.05, 0.1) is 11.3 Å². The number of carboxylic acid groups (broad SMARTS) is 1. The normalized spacial score (nSPS) is 14.2. The van der Waals surface area contributed by atoms with E-state index in [9.17, 15) is 9.59 Å². The van der Waals surface area contributed by atoms with E-state index in [1.807, 2.05) is 0 Å². The first-order valence-electron chi connectivity index (χ1n) is 6.03. The quantitative estimate of drug-likeness (QED) is 0.832. The van der Waals surface area contributed by atoms with Crippen molar-refractivity contribution in [2.75, 3.05) is 18.0 Å². The lowest BCUT2D eigenvalue weighted by Crippen LogP contribution is -2.33.